The average molecular weight is 532 g/mol. The first-order chi connectivity index (χ1) is 17.5. The fourth-order valence-corrected chi connectivity index (χ4v) is 5.60. The van der Waals surface area contributed by atoms with E-state index in [0.717, 1.165) is 43.1 Å². The van der Waals surface area contributed by atoms with Gasteiger partial charge in [-0.05, 0) is 81.0 Å². The molecule has 1 aliphatic rings. The molecule has 0 spiro atoms. The molecule has 0 bridgehead atoms. The van der Waals surface area contributed by atoms with Gasteiger partial charge < -0.3 is 10.2 Å². The lowest BCUT2D eigenvalue weighted by Crippen LogP contribution is -2.49. The molecule has 1 aliphatic carbocycles. The summed E-state index contributed by atoms with van der Waals surface area (Å²) in [5.74, 6) is -0.844. The SMILES string of the molecule is Cc1ccc(N(CCCC(=O)N(Cc2ccc(F)cc2)[C@@H](C)C(=O)NC2CCCC2)S(C)(=O)=O)cc1C. The number of carbonyl (C=O) groups excluding carboxylic acids is 2. The second kappa shape index (κ2) is 12.5. The lowest BCUT2D eigenvalue weighted by atomic mass is 10.1. The first-order valence-electron chi connectivity index (χ1n) is 12.8. The summed E-state index contributed by atoms with van der Waals surface area (Å²) < 4.78 is 39.8. The van der Waals surface area contributed by atoms with Gasteiger partial charge in [0, 0.05) is 25.6 Å². The highest BCUT2D eigenvalue weighted by molar-refractivity contribution is 7.92. The van der Waals surface area contributed by atoms with Crippen LogP contribution in [0.1, 0.15) is 62.1 Å². The number of anilines is 1. The summed E-state index contributed by atoms with van der Waals surface area (Å²) in [6.45, 7) is 5.88. The van der Waals surface area contributed by atoms with Gasteiger partial charge in [0.2, 0.25) is 21.8 Å². The molecular weight excluding hydrogens is 493 g/mol. The summed E-state index contributed by atoms with van der Waals surface area (Å²) in [6, 6.07) is 10.7. The lowest BCUT2D eigenvalue weighted by Gasteiger charge is -2.30. The van der Waals surface area contributed by atoms with Crippen LogP contribution >= 0.6 is 0 Å². The summed E-state index contributed by atoms with van der Waals surface area (Å²) in [5.41, 5.74) is 3.32. The van der Waals surface area contributed by atoms with Gasteiger partial charge in [-0.15, -0.1) is 0 Å². The van der Waals surface area contributed by atoms with Gasteiger partial charge in [-0.1, -0.05) is 31.0 Å². The van der Waals surface area contributed by atoms with E-state index in [2.05, 4.69) is 5.32 Å². The minimum Gasteiger partial charge on any atom is -0.352 e. The van der Waals surface area contributed by atoms with Gasteiger partial charge in [0.05, 0.1) is 11.9 Å². The van der Waals surface area contributed by atoms with Crippen molar-refractivity contribution in [2.75, 3.05) is 17.1 Å². The molecule has 1 N–H and O–H groups in total. The molecule has 0 saturated heterocycles. The Morgan fingerprint density at radius 3 is 2.30 bits per heavy atom. The van der Waals surface area contributed by atoms with Crippen molar-refractivity contribution < 1.29 is 22.4 Å². The number of sulfonamides is 1. The Morgan fingerprint density at radius 1 is 1.05 bits per heavy atom. The highest BCUT2D eigenvalue weighted by atomic mass is 32.2. The minimum atomic E-state index is -3.55. The third-order valence-corrected chi connectivity index (χ3v) is 8.26. The summed E-state index contributed by atoms with van der Waals surface area (Å²) in [7, 11) is -3.55. The van der Waals surface area contributed by atoms with Crippen molar-refractivity contribution in [3.05, 3.63) is 65.0 Å². The van der Waals surface area contributed by atoms with Gasteiger partial charge in [-0.2, -0.15) is 0 Å². The molecule has 0 aliphatic heterocycles. The predicted octanol–water partition coefficient (Wildman–Crippen LogP) is 4.46. The van der Waals surface area contributed by atoms with Crippen LogP contribution in [0.15, 0.2) is 42.5 Å². The maximum atomic E-state index is 13.4. The van der Waals surface area contributed by atoms with Crippen LogP contribution in [0.25, 0.3) is 0 Å². The first-order valence-corrected chi connectivity index (χ1v) is 14.7. The Morgan fingerprint density at radius 2 is 1.70 bits per heavy atom. The highest BCUT2D eigenvalue weighted by Crippen LogP contribution is 2.23. The number of hydrogen-bond acceptors (Lipinski definition) is 4. The number of nitrogens with one attached hydrogen (secondary N) is 1. The number of hydrogen-bond donors (Lipinski definition) is 1. The molecule has 202 valence electrons. The smallest absolute Gasteiger partial charge is 0.242 e. The number of amides is 2. The van der Waals surface area contributed by atoms with Crippen molar-refractivity contribution in [3.8, 4) is 0 Å². The van der Waals surface area contributed by atoms with E-state index in [4.69, 9.17) is 0 Å². The van der Waals surface area contributed by atoms with Crippen LogP contribution in [-0.2, 0) is 26.2 Å². The molecule has 2 aromatic rings. The second-order valence-electron chi connectivity index (χ2n) is 10.0. The Hall–Kier alpha value is -2.94. The molecule has 0 aromatic heterocycles. The molecular formula is C28H38FN3O4S. The summed E-state index contributed by atoms with van der Waals surface area (Å²) in [5, 5.41) is 3.05. The Labute approximate surface area is 220 Å². The summed E-state index contributed by atoms with van der Waals surface area (Å²) in [4.78, 5) is 27.9. The minimum absolute atomic E-state index is 0.0686. The van der Waals surface area contributed by atoms with Crippen molar-refractivity contribution >= 4 is 27.5 Å². The molecule has 3 rings (SSSR count). The van der Waals surface area contributed by atoms with Crippen LogP contribution in [0, 0.1) is 19.7 Å². The topological polar surface area (TPSA) is 86.8 Å². The van der Waals surface area contributed by atoms with Crippen LogP contribution < -0.4 is 9.62 Å². The van der Waals surface area contributed by atoms with Crippen molar-refractivity contribution in [2.45, 2.75) is 77.9 Å². The van der Waals surface area contributed by atoms with E-state index >= 15 is 0 Å². The molecule has 1 saturated carbocycles. The second-order valence-corrected chi connectivity index (χ2v) is 11.9. The fourth-order valence-electron chi connectivity index (χ4n) is 4.65. The van der Waals surface area contributed by atoms with Crippen LogP contribution in [0.2, 0.25) is 0 Å². The third kappa shape index (κ3) is 8.02. The molecule has 37 heavy (non-hydrogen) atoms. The monoisotopic (exact) mass is 531 g/mol. The van der Waals surface area contributed by atoms with Crippen molar-refractivity contribution in [2.24, 2.45) is 0 Å². The summed E-state index contributed by atoms with van der Waals surface area (Å²) in [6.07, 6.45) is 5.53. The van der Waals surface area contributed by atoms with Gasteiger partial charge in [-0.3, -0.25) is 13.9 Å². The highest BCUT2D eigenvalue weighted by Gasteiger charge is 2.28. The number of benzene rings is 2. The van der Waals surface area contributed by atoms with Crippen LogP contribution in [0.4, 0.5) is 10.1 Å². The van der Waals surface area contributed by atoms with E-state index in [1.54, 1.807) is 25.1 Å². The van der Waals surface area contributed by atoms with E-state index in [0.29, 0.717) is 11.3 Å². The standard InChI is InChI=1S/C28H38FN3O4S/c1-20-11-16-26(18-21(20)2)32(37(4,35)36)17-7-10-27(33)31(19-23-12-14-24(29)15-13-23)22(3)28(34)30-25-8-5-6-9-25/h11-16,18,22,25H,5-10,17,19H2,1-4H3,(H,30,34)/t22-/m0/s1. The first kappa shape index (κ1) is 28.6. The molecule has 2 aromatic carbocycles. The molecule has 9 heteroatoms. The number of aryl methyl sites for hydroxylation is 2. The number of rotatable bonds is 11. The van der Waals surface area contributed by atoms with Crippen LogP contribution in [0.5, 0.6) is 0 Å². The van der Waals surface area contributed by atoms with E-state index in [-0.39, 0.29) is 49.6 Å². The average Bonchev–Trinajstić information content (AvgIpc) is 3.35. The zero-order valence-corrected chi connectivity index (χ0v) is 23.0. The van der Waals surface area contributed by atoms with Crippen molar-refractivity contribution in [1.29, 1.82) is 0 Å². The predicted molar refractivity (Wildman–Crippen MR) is 144 cm³/mol. The van der Waals surface area contributed by atoms with Gasteiger partial charge >= 0.3 is 0 Å². The quantitative estimate of drug-likeness (QED) is 0.464. The molecule has 1 fully saturated rings. The van der Waals surface area contributed by atoms with E-state index < -0.39 is 16.1 Å². The normalized spacial score (nSPS) is 14.8. The number of halogens is 1. The molecule has 0 heterocycles. The number of nitrogens with zero attached hydrogens (tertiary/aromatic N) is 2. The van der Waals surface area contributed by atoms with E-state index in [1.807, 2.05) is 26.0 Å². The maximum Gasteiger partial charge on any atom is 0.242 e. The molecule has 7 nitrogen and oxygen atoms in total. The zero-order chi connectivity index (χ0) is 27.2. The van der Waals surface area contributed by atoms with E-state index in [1.165, 1.54) is 21.3 Å². The maximum absolute atomic E-state index is 13.4. The molecule has 1 atom stereocenters. The largest absolute Gasteiger partial charge is 0.352 e. The molecule has 0 unspecified atom stereocenters. The molecule has 0 radical (unpaired) electrons. The number of carbonyl (C=O) groups is 2. The Balaban J connectivity index is 1.72. The Bertz CT molecular complexity index is 1190. The van der Waals surface area contributed by atoms with E-state index in [9.17, 15) is 22.4 Å². The van der Waals surface area contributed by atoms with Crippen molar-refractivity contribution in [3.63, 3.8) is 0 Å². The van der Waals surface area contributed by atoms with Gasteiger partial charge in [-0.25, -0.2) is 12.8 Å². The Kier molecular flexibility index (Phi) is 9.70. The lowest BCUT2D eigenvalue weighted by molar-refractivity contribution is -0.141. The van der Waals surface area contributed by atoms with Crippen LogP contribution in [0.3, 0.4) is 0 Å². The third-order valence-electron chi connectivity index (χ3n) is 7.07. The summed E-state index contributed by atoms with van der Waals surface area (Å²) >= 11 is 0. The molecule has 2 amide bonds. The van der Waals surface area contributed by atoms with Gasteiger partial charge in [0.25, 0.3) is 0 Å². The van der Waals surface area contributed by atoms with Gasteiger partial charge in [0.15, 0.2) is 0 Å². The zero-order valence-electron chi connectivity index (χ0n) is 22.2. The fraction of sp³-hybridized carbons (Fsp3) is 0.500. The van der Waals surface area contributed by atoms with Gasteiger partial charge in [0.1, 0.15) is 11.9 Å². The van der Waals surface area contributed by atoms with Crippen molar-refractivity contribution in [1.82, 2.24) is 10.2 Å². The van der Waals surface area contributed by atoms with Crippen LogP contribution in [-0.4, -0.2) is 50.0 Å².